The van der Waals surface area contributed by atoms with E-state index < -0.39 is 12.1 Å². The minimum Gasteiger partial charge on any atom is -0.495 e. The van der Waals surface area contributed by atoms with Gasteiger partial charge in [-0.2, -0.15) is 13.2 Å². The SMILES string of the molecule is CO.COc1cc(C=O)ccc1N.FC(F)(F)C1CCCCC1.SN1Cc2nc(-c3ccccc3)sc2C1. The number of rotatable bonds is 3. The normalized spacial score (nSPS) is 15.0. The van der Waals surface area contributed by atoms with Crippen molar-refractivity contribution in [3.05, 3.63) is 64.7 Å². The van der Waals surface area contributed by atoms with Gasteiger partial charge in [-0.05, 0) is 31.0 Å². The van der Waals surface area contributed by atoms with E-state index in [0.29, 0.717) is 29.8 Å². The number of benzene rings is 2. The first-order valence-electron chi connectivity index (χ1n) is 12.1. The molecule has 1 fully saturated rings. The predicted octanol–water partition coefficient (Wildman–Crippen LogP) is 6.80. The smallest absolute Gasteiger partial charge is 0.391 e. The molecule has 2 heterocycles. The van der Waals surface area contributed by atoms with Gasteiger partial charge in [0, 0.05) is 29.7 Å². The number of thiol groups is 1. The number of nitrogen functional groups attached to an aromatic ring is 1. The van der Waals surface area contributed by atoms with E-state index in [1.54, 1.807) is 29.5 Å². The van der Waals surface area contributed by atoms with Crippen LogP contribution in [0.15, 0.2) is 48.5 Å². The summed E-state index contributed by atoms with van der Waals surface area (Å²) in [4.78, 5) is 16.3. The Morgan fingerprint density at radius 1 is 1.11 bits per heavy atom. The molecule has 0 saturated heterocycles. The number of hydrogen-bond donors (Lipinski definition) is 3. The largest absolute Gasteiger partial charge is 0.495 e. The second-order valence-electron chi connectivity index (χ2n) is 8.57. The molecule has 11 heteroatoms. The zero-order valence-corrected chi connectivity index (χ0v) is 23.2. The summed E-state index contributed by atoms with van der Waals surface area (Å²) >= 11 is 6.10. The van der Waals surface area contributed by atoms with Crippen LogP contribution >= 0.6 is 24.2 Å². The van der Waals surface area contributed by atoms with Crippen molar-refractivity contribution >= 4 is 36.1 Å². The summed E-state index contributed by atoms with van der Waals surface area (Å²) in [5.41, 5.74) is 9.02. The molecule has 2 aliphatic rings. The van der Waals surface area contributed by atoms with Gasteiger partial charge in [0.1, 0.15) is 17.0 Å². The van der Waals surface area contributed by atoms with Crippen molar-refractivity contribution in [2.45, 2.75) is 51.4 Å². The molecule has 0 atom stereocenters. The summed E-state index contributed by atoms with van der Waals surface area (Å²) in [6.45, 7) is 1.78. The van der Waals surface area contributed by atoms with Gasteiger partial charge in [0.2, 0.25) is 0 Å². The van der Waals surface area contributed by atoms with Gasteiger partial charge in [-0.15, -0.1) is 11.3 Å². The Labute approximate surface area is 231 Å². The van der Waals surface area contributed by atoms with Crippen molar-refractivity contribution in [3.8, 4) is 16.3 Å². The summed E-state index contributed by atoms with van der Waals surface area (Å²) in [5.74, 6) is -0.462. The Kier molecular flexibility index (Phi) is 13.1. The maximum atomic E-state index is 11.9. The van der Waals surface area contributed by atoms with Crippen LogP contribution in [0, 0.1) is 5.92 Å². The second kappa shape index (κ2) is 15.7. The predicted molar refractivity (Wildman–Crippen MR) is 149 cm³/mol. The number of halogens is 3. The molecule has 1 aliphatic carbocycles. The number of ether oxygens (including phenoxy) is 1. The Hall–Kier alpha value is -2.60. The lowest BCUT2D eigenvalue weighted by Gasteiger charge is -2.23. The zero-order valence-electron chi connectivity index (χ0n) is 21.4. The van der Waals surface area contributed by atoms with Gasteiger partial charge in [0.25, 0.3) is 0 Å². The van der Waals surface area contributed by atoms with Gasteiger partial charge < -0.3 is 15.6 Å². The van der Waals surface area contributed by atoms with E-state index in [0.717, 1.165) is 50.8 Å². The summed E-state index contributed by atoms with van der Waals surface area (Å²) in [6.07, 6.45) is 0.0102. The third kappa shape index (κ3) is 9.61. The van der Waals surface area contributed by atoms with E-state index in [-0.39, 0.29) is 0 Å². The van der Waals surface area contributed by atoms with Crippen LogP contribution in [0.1, 0.15) is 53.0 Å². The van der Waals surface area contributed by atoms with E-state index in [2.05, 4.69) is 29.9 Å². The van der Waals surface area contributed by atoms with Crippen molar-refractivity contribution < 1.29 is 27.8 Å². The molecule has 1 aromatic heterocycles. The maximum absolute atomic E-state index is 11.9. The highest BCUT2D eigenvalue weighted by atomic mass is 32.1. The monoisotopic (exact) mass is 569 g/mol. The minimum absolute atomic E-state index is 0.351. The average Bonchev–Trinajstić information content (AvgIpc) is 3.49. The second-order valence-corrected chi connectivity index (χ2v) is 10.2. The van der Waals surface area contributed by atoms with Crippen LogP contribution < -0.4 is 10.5 Å². The third-order valence-electron chi connectivity index (χ3n) is 5.92. The molecule has 0 bridgehead atoms. The molecular formula is C27H34F3N3O3S2. The maximum Gasteiger partial charge on any atom is 0.391 e. The molecule has 6 nitrogen and oxygen atoms in total. The number of hydrogen-bond acceptors (Lipinski definition) is 8. The molecule has 208 valence electrons. The van der Waals surface area contributed by atoms with Crippen molar-refractivity contribution in [2.75, 3.05) is 20.0 Å². The highest BCUT2D eigenvalue weighted by Gasteiger charge is 2.39. The molecular weight excluding hydrogens is 535 g/mol. The van der Waals surface area contributed by atoms with E-state index in [1.165, 1.54) is 23.2 Å². The molecule has 0 unspecified atom stereocenters. The number of anilines is 1. The van der Waals surface area contributed by atoms with Crippen LogP contribution in [0.4, 0.5) is 18.9 Å². The Balaban J connectivity index is 0.000000199. The molecule has 3 aromatic rings. The molecule has 1 saturated carbocycles. The number of nitrogens with zero attached hydrogens (tertiary/aromatic N) is 2. The van der Waals surface area contributed by atoms with Gasteiger partial charge in [0.15, 0.2) is 0 Å². The highest BCUT2D eigenvalue weighted by Crippen LogP contribution is 2.37. The van der Waals surface area contributed by atoms with E-state index in [9.17, 15) is 18.0 Å². The van der Waals surface area contributed by atoms with E-state index in [4.69, 9.17) is 15.6 Å². The van der Waals surface area contributed by atoms with Crippen LogP contribution in [0.5, 0.6) is 5.75 Å². The summed E-state index contributed by atoms with van der Waals surface area (Å²) in [7, 11) is 2.51. The minimum atomic E-state index is -3.93. The number of aliphatic hydroxyl groups is 1. The highest BCUT2D eigenvalue weighted by molar-refractivity contribution is 7.77. The van der Waals surface area contributed by atoms with Crippen molar-refractivity contribution in [1.82, 2.24) is 9.29 Å². The van der Waals surface area contributed by atoms with Gasteiger partial charge in [-0.1, -0.05) is 62.4 Å². The Bertz CT molecular complexity index is 1100. The molecule has 0 amide bonds. The summed E-state index contributed by atoms with van der Waals surface area (Å²) in [6, 6.07) is 15.2. The van der Waals surface area contributed by atoms with Crippen molar-refractivity contribution in [1.29, 1.82) is 0 Å². The van der Waals surface area contributed by atoms with E-state index >= 15 is 0 Å². The fourth-order valence-electron chi connectivity index (χ4n) is 3.96. The summed E-state index contributed by atoms with van der Waals surface area (Å²) < 4.78 is 42.7. The molecule has 38 heavy (non-hydrogen) atoms. The lowest BCUT2D eigenvalue weighted by molar-refractivity contribution is -0.181. The zero-order chi connectivity index (χ0) is 28.1. The topological polar surface area (TPSA) is 88.7 Å². The van der Waals surface area contributed by atoms with Crippen LogP contribution in [0.25, 0.3) is 10.6 Å². The number of thiazole rings is 1. The molecule has 3 N–H and O–H groups in total. The van der Waals surface area contributed by atoms with Crippen molar-refractivity contribution in [2.24, 2.45) is 5.92 Å². The lowest BCUT2D eigenvalue weighted by Crippen LogP contribution is -2.24. The standard InChI is InChI=1S/C11H10N2S2.C8H9NO2.C7H11F3.CH4O/c14-13-6-9-10(7-13)15-11(12-9)8-4-2-1-3-5-8;1-11-8-4-6(5-10)2-3-7(8)9;8-7(9,10)6-4-2-1-3-5-6;1-2/h1-5,14H,6-7H2;2-5H,9H2,1H3;6H,1-5H2;2H,1H3. The van der Waals surface area contributed by atoms with Crippen molar-refractivity contribution in [3.63, 3.8) is 0 Å². The number of fused-ring (bicyclic) bond motifs is 1. The van der Waals surface area contributed by atoms with Crippen LogP contribution in [0.3, 0.4) is 0 Å². The van der Waals surface area contributed by atoms with Gasteiger partial charge in [-0.3, -0.25) is 4.79 Å². The number of aliphatic hydroxyl groups excluding tert-OH is 1. The Morgan fingerprint density at radius 2 is 1.76 bits per heavy atom. The molecule has 2 aromatic carbocycles. The number of aromatic nitrogens is 1. The van der Waals surface area contributed by atoms with Crippen LogP contribution in [-0.2, 0) is 13.1 Å². The molecule has 5 rings (SSSR count). The van der Waals surface area contributed by atoms with Gasteiger partial charge in [0.05, 0.1) is 31.0 Å². The molecule has 0 spiro atoms. The number of alkyl halides is 3. The quantitative estimate of drug-likeness (QED) is 0.183. The number of carbonyl (C=O) groups excluding carboxylic acids is 1. The summed E-state index contributed by atoms with van der Waals surface area (Å²) in [5, 5.41) is 8.13. The lowest BCUT2D eigenvalue weighted by atomic mass is 9.89. The van der Waals surface area contributed by atoms with Gasteiger partial charge >= 0.3 is 6.18 Å². The van der Waals surface area contributed by atoms with Crippen LogP contribution in [-0.4, -0.2) is 41.1 Å². The Morgan fingerprint density at radius 3 is 2.29 bits per heavy atom. The number of nitrogens with two attached hydrogens (primary N) is 1. The van der Waals surface area contributed by atoms with Gasteiger partial charge in [-0.25, -0.2) is 9.29 Å². The fourth-order valence-corrected chi connectivity index (χ4v) is 5.42. The van der Waals surface area contributed by atoms with E-state index in [1.807, 2.05) is 22.5 Å². The van der Waals surface area contributed by atoms with Crippen LogP contribution in [0.2, 0.25) is 0 Å². The number of aldehydes is 1. The fraction of sp³-hybridized carbons (Fsp3) is 0.407. The number of carbonyl (C=O) groups is 1. The molecule has 1 aliphatic heterocycles. The third-order valence-corrected chi connectivity index (χ3v) is 7.33. The molecule has 0 radical (unpaired) electrons. The number of methoxy groups -OCH3 is 1. The first-order valence-corrected chi connectivity index (χ1v) is 13.3. The first kappa shape index (κ1) is 31.6. The first-order chi connectivity index (χ1) is 18.2. The average molecular weight is 570 g/mol.